The first-order valence-corrected chi connectivity index (χ1v) is 9.77. The summed E-state index contributed by atoms with van der Waals surface area (Å²) in [5.41, 5.74) is 2.44. The van der Waals surface area contributed by atoms with Gasteiger partial charge in [0.2, 0.25) is 5.91 Å². The number of aromatic amines is 1. The summed E-state index contributed by atoms with van der Waals surface area (Å²) in [4.78, 5) is 24.2. The molecule has 1 heterocycles. The molecule has 0 bridgehead atoms. The van der Waals surface area contributed by atoms with Crippen molar-refractivity contribution in [3.8, 4) is 0 Å². The topological polar surface area (TPSA) is 79.8 Å². The zero-order chi connectivity index (χ0) is 19.2. The number of nitrogens with one attached hydrogen (secondary N) is 2. The molecule has 0 spiro atoms. The number of amides is 1. The van der Waals surface area contributed by atoms with Gasteiger partial charge in [-0.2, -0.15) is 0 Å². The highest BCUT2D eigenvalue weighted by atomic mass is 35.5. The molecule has 140 valence electrons. The SMILES string of the molecule is Cc1ccc(NC(=O)CSc2n[nH]c(=O)n2CCc2ccccc2)c(Cl)c1. The van der Waals surface area contributed by atoms with E-state index in [4.69, 9.17) is 11.6 Å². The van der Waals surface area contributed by atoms with Gasteiger partial charge >= 0.3 is 5.69 Å². The number of benzene rings is 2. The van der Waals surface area contributed by atoms with Crippen molar-refractivity contribution in [1.29, 1.82) is 0 Å². The van der Waals surface area contributed by atoms with Gasteiger partial charge in [0.25, 0.3) is 0 Å². The molecule has 0 saturated heterocycles. The second-order valence-corrected chi connectivity index (χ2v) is 7.37. The zero-order valence-corrected chi connectivity index (χ0v) is 16.3. The van der Waals surface area contributed by atoms with E-state index in [-0.39, 0.29) is 17.3 Å². The molecule has 1 amide bonds. The van der Waals surface area contributed by atoms with E-state index in [0.29, 0.717) is 28.8 Å². The van der Waals surface area contributed by atoms with Gasteiger partial charge in [0.05, 0.1) is 16.5 Å². The number of hydrogen-bond donors (Lipinski definition) is 2. The standard InChI is InChI=1S/C19H19ClN4O2S/c1-13-7-8-16(15(20)11-13)21-17(25)12-27-19-23-22-18(26)24(19)10-9-14-5-3-2-4-6-14/h2-8,11H,9-10,12H2,1H3,(H,21,25)(H,22,26). The quantitative estimate of drug-likeness (QED) is 0.593. The first-order chi connectivity index (χ1) is 13.0. The Hall–Kier alpha value is -2.51. The fourth-order valence-electron chi connectivity index (χ4n) is 2.53. The normalized spacial score (nSPS) is 10.7. The summed E-state index contributed by atoms with van der Waals surface area (Å²) in [6.07, 6.45) is 0.707. The molecule has 3 rings (SSSR count). The molecule has 6 nitrogen and oxygen atoms in total. The molecule has 0 fully saturated rings. The van der Waals surface area contributed by atoms with E-state index >= 15 is 0 Å². The molecule has 2 aromatic carbocycles. The third-order valence-corrected chi connectivity index (χ3v) is 5.21. The summed E-state index contributed by atoms with van der Waals surface area (Å²) in [5, 5.41) is 10.2. The van der Waals surface area contributed by atoms with Crippen LogP contribution in [0.25, 0.3) is 0 Å². The number of thioether (sulfide) groups is 1. The zero-order valence-electron chi connectivity index (χ0n) is 14.7. The number of H-pyrrole nitrogens is 1. The number of halogens is 1. The molecule has 0 unspecified atom stereocenters. The maximum Gasteiger partial charge on any atom is 0.343 e. The summed E-state index contributed by atoms with van der Waals surface area (Å²) in [6.45, 7) is 2.42. The third kappa shape index (κ3) is 5.24. The van der Waals surface area contributed by atoms with Crippen LogP contribution in [0.1, 0.15) is 11.1 Å². The molecule has 1 aromatic heterocycles. The summed E-state index contributed by atoms with van der Waals surface area (Å²) >= 11 is 7.34. The van der Waals surface area contributed by atoms with E-state index in [1.807, 2.05) is 43.3 Å². The van der Waals surface area contributed by atoms with Crippen LogP contribution in [0.4, 0.5) is 5.69 Å². The van der Waals surface area contributed by atoms with Gasteiger partial charge in [-0.3, -0.25) is 9.36 Å². The molecule has 2 N–H and O–H groups in total. The Bertz CT molecular complexity index is 985. The Balaban J connectivity index is 1.59. The van der Waals surface area contributed by atoms with Crippen LogP contribution >= 0.6 is 23.4 Å². The average molecular weight is 403 g/mol. The number of carbonyl (C=O) groups excluding carboxylic acids is 1. The van der Waals surface area contributed by atoms with Crippen molar-refractivity contribution in [2.24, 2.45) is 0 Å². The number of nitrogens with zero attached hydrogens (tertiary/aromatic N) is 2. The van der Waals surface area contributed by atoms with Crippen LogP contribution in [0.5, 0.6) is 0 Å². The number of rotatable bonds is 7. The second kappa shape index (κ2) is 8.92. The van der Waals surface area contributed by atoms with Gasteiger partial charge in [-0.1, -0.05) is 59.8 Å². The van der Waals surface area contributed by atoms with Gasteiger partial charge in [-0.25, -0.2) is 9.89 Å². The van der Waals surface area contributed by atoms with Gasteiger partial charge in [-0.15, -0.1) is 5.10 Å². The van der Waals surface area contributed by atoms with Crippen LogP contribution in [-0.4, -0.2) is 26.4 Å². The van der Waals surface area contributed by atoms with E-state index in [1.54, 1.807) is 16.7 Å². The Morgan fingerprint density at radius 2 is 2.04 bits per heavy atom. The Kier molecular flexibility index (Phi) is 6.36. The lowest BCUT2D eigenvalue weighted by Crippen LogP contribution is -2.20. The van der Waals surface area contributed by atoms with Crippen LogP contribution in [0.15, 0.2) is 58.5 Å². The van der Waals surface area contributed by atoms with E-state index in [0.717, 1.165) is 11.1 Å². The Morgan fingerprint density at radius 3 is 2.78 bits per heavy atom. The highest BCUT2D eigenvalue weighted by molar-refractivity contribution is 7.99. The number of carbonyl (C=O) groups is 1. The van der Waals surface area contributed by atoms with Gasteiger partial charge in [-0.05, 0) is 36.6 Å². The largest absolute Gasteiger partial charge is 0.343 e. The van der Waals surface area contributed by atoms with Crippen LogP contribution in [0.3, 0.4) is 0 Å². The molecule has 0 atom stereocenters. The van der Waals surface area contributed by atoms with Gasteiger partial charge in [0.1, 0.15) is 0 Å². The molecule has 0 radical (unpaired) electrons. The van der Waals surface area contributed by atoms with Gasteiger partial charge in [0, 0.05) is 6.54 Å². The molecular weight excluding hydrogens is 384 g/mol. The van der Waals surface area contributed by atoms with E-state index in [2.05, 4.69) is 15.5 Å². The van der Waals surface area contributed by atoms with Crippen molar-refractivity contribution in [3.05, 3.63) is 75.2 Å². The number of hydrogen-bond acceptors (Lipinski definition) is 4. The lowest BCUT2D eigenvalue weighted by Gasteiger charge is -2.08. The molecule has 8 heteroatoms. The highest BCUT2D eigenvalue weighted by Gasteiger charge is 2.12. The second-order valence-electron chi connectivity index (χ2n) is 6.02. The van der Waals surface area contributed by atoms with Crippen molar-refractivity contribution >= 4 is 35.0 Å². The molecule has 0 aliphatic rings. The Labute approximate surface area is 165 Å². The summed E-state index contributed by atoms with van der Waals surface area (Å²) in [7, 11) is 0. The monoisotopic (exact) mass is 402 g/mol. The van der Waals surface area contributed by atoms with Gasteiger partial charge < -0.3 is 5.32 Å². The lowest BCUT2D eigenvalue weighted by molar-refractivity contribution is -0.113. The van der Waals surface area contributed by atoms with Crippen molar-refractivity contribution in [2.45, 2.75) is 25.0 Å². The molecule has 0 saturated carbocycles. The van der Waals surface area contributed by atoms with Crippen molar-refractivity contribution < 1.29 is 4.79 Å². The van der Waals surface area contributed by atoms with E-state index in [1.165, 1.54) is 11.8 Å². The van der Waals surface area contributed by atoms with Crippen LogP contribution < -0.4 is 11.0 Å². The predicted octanol–water partition coefficient (Wildman–Crippen LogP) is 3.51. The van der Waals surface area contributed by atoms with Crippen LogP contribution in [0.2, 0.25) is 5.02 Å². The van der Waals surface area contributed by atoms with E-state index in [9.17, 15) is 9.59 Å². The molecular formula is C19H19ClN4O2S. The summed E-state index contributed by atoms with van der Waals surface area (Å²) < 4.78 is 1.55. The summed E-state index contributed by atoms with van der Waals surface area (Å²) in [5.74, 6) is -0.0874. The minimum absolute atomic E-state index is 0.125. The smallest absolute Gasteiger partial charge is 0.324 e. The fourth-order valence-corrected chi connectivity index (χ4v) is 3.59. The van der Waals surface area contributed by atoms with Crippen molar-refractivity contribution in [2.75, 3.05) is 11.1 Å². The molecule has 0 aliphatic heterocycles. The van der Waals surface area contributed by atoms with Crippen LogP contribution in [-0.2, 0) is 17.8 Å². The lowest BCUT2D eigenvalue weighted by atomic mass is 10.1. The van der Waals surface area contributed by atoms with Crippen molar-refractivity contribution in [3.63, 3.8) is 0 Å². The van der Waals surface area contributed by atoms with E-state index < -0.39 is 0 Å². The number of aromatic nitrogens is 3. The first kappa shape index (κ1) is 19.3. The maximum atomic E-state index is 12.2. The molecule has 0 aliphatic carbocycles. The van der Waals surface area contributed by atoms with Crippen molar-refractivity contribution in [1.82, 2.24) is 14.8 Å². The fraction of sp³-hybridized carbons (Fsp3) is 0.211. The number of anilines is 1. The average Bonchev–Trinajstić information content (AvgIpc) is 3.01. The minimum atomic E-state index is -0.282. The molecule has 27 heavy (non-hydrogen) atoms. The minimum Gasteiger partial charge on any atom is -0.324 e. The van der Waals surface area contributed by atoms with Crippen LogP contribution in [0, 0.1) is 6.92 Å². The Morgan fingerprint density at radius 1 is 1.26 bits per heavy atom. The third-order valence-electron chi connectivity index (χ3n) is 3.92. The highest BCUT2D eigenvalue weighted by Crippen LogP contribution is 2.23. The number of aryl methyl sites for hydroxylation is 2. The van der Waals surface area contributed by atoms with Gasteiger partial charge in [0.15, 0.2) is 5.16 Å². The first-order valence-electron chi connectivity index (χ1n) is 8.41. The molecule has 3 aromatic rings. The summed E-state index contributed by atoms with van der Waals surface area (Å²) in [6, 6.07) is 15.3. The predicted molar refractivity (Wildman–Crippen MR) is 109 cm³/mol. The maximum absolute atomic E-state index is 12.2.